The minimum absolute atomic E-state index is 0.241. The van der Waals surface area contributed by atoms with E-state index in [0.717, 1.165) is 5.69 Å². The van der Waals surface area contributed by atoms with Crippen LogP contribution in [-0.2, 0) is 6.54 Å². The van der Waals surface area contributed by atoms with Crippen molar-refractivity contribution >= 4 is 5.91 Å². The molecule has 5 nitrogen and oxygen atoms in total. The Kier molecular flexibility index (Phi) is 6.51. The molecule has 126 valence electrons. The topological polar surface area (TPSA) is 67.2 Å². The number of rotatable bonds is 9. The van der Waals surface area contributed by atoms with Crippen LogP contribution >= 0.6 is 0 Å². The van der Waals surface area contributed by atoms with Gasteiger partial charge >= 0.3 is 0 Å². The number of nitrogens with one attached hydrogen (secondary N) is 1. The van der Waals surface area contributed by atoms with Gasteiger partial charge in [0.1, 0.15) is 0 Å². The van der Waals surface area contributed by atoms with E-state index in [-0.39, 0.29) is 5.91 Å². The lowest BCUT2D eigenvalue weighted by Gasteiger charge is -2.33. The third kappa shape index (κ3) is 4.20. The van der Waals surface area contributed by atoms with Crippen LogP contribution in [0.15, 0.2) is 38.0 Å². The second-order valence-corrected chi connectivity index (χ2v) is 5.80. The van der Waals surface area contributed by atoms with Gasteiger partial charge in [0, 0.05) is 5.69 Å². The predicted octanol–water partition coefficient (Wildman–Crippen LogP) is 2.69. The molecule has 5 heteroatoms. The van der Waals surface area contributed by atoms with Gasteiger partial charge in [-0.3, -0.25) is 9.48 Å². The summed E-state index contributed by atoms with van der Waals surface area (Å²) in [5.41, 5.74) is 0.879. The van der Waals surface area contributed by atoms with Gasteiger partial charge in [-0.2, -0.15) is 5.10 Å². The van der Waals surface area contributed by atoms with Crippen molar-refractivity contribution in [1.82, 2.24) is 15.1 Å². The van der Waals surface area contributed by atoms with Crippen LogP contribution in [0.5, 0.6) is 0 Å². The highest BCUT2D eigenvalue weighted by molar-refractivity contribution is 5.96. The highest BCUT2D eigenvalue weighted by atomic mass is 16.3. The number of aryl methyl sites for hydroxylation is 1. The Hall–Kier alpha value is -2.14. The number of carbonyl (C=O) groups excluding carboxylic acids is 1. The summed E-state index contributed by atoms with van der Waals surface area (Å²) >= 11 is 0. The van der Waals surface area contributed by atoms with E-state index in [2.05, 4.69) is 30.2 Å². The first kappa shape index (κ1) is 18.9. The molecule has 0 saturated heterocycles. The van der Waals surface area contributed by atoms with Crippen LogP contribution in [0, 0.1) is 13.8 Å². The summed E-state index contributed by atoms with van der Waals surface area (Å²) in [7, 11) is 0. The second kappa shape index (κ2) is 7.92. The molecule has 1 heterocycles. The smallest absolute Gasteiger partial charge is 0.255 e. The number of amides is 1. The molecular formula is C18H27N3O2. The SMILES string of the molecule is C=CCn1nc(C)c(C(=O)NC(C)C(O)(CC=C)CC=C)c1C. The maximum atomic E-state index is 12.6. The molecule has 0 aromatic carbocycles. The molecule has 1 aromatic heterocycles. The van der Waals surface area contributed by atoms with E-state index in [0.29, 0.717) is 30.6 Å². The molecule has 1 amide bonds. The molecule has 1 unspecified atom stereocenters. The Morgan fingerprint density at radius 2 is 1.87 bits per heavy atom. The molecule has 0 aliphatic carbocycles. The van der Waals surface area contributed by atoms with E-state index < -0.39 is 11.6 Å². The molecule has 0 aliphatic heterocycles. The van der Waals surface area contributed by atoms with Crippen LogP contribution in [0.1, 0.15) is 41.5 Å². The maximum absolute atomic E-state index is 12.6. The van der Waals surface area contributed by atoms with Gasteiger partial charge in [0.15, 0.2) is 0 Å². The van der Waals surface area contributed by atoms with E-state index >= 15 is 0 Å². The minimum Gasteiger partial charge on any atom is -0.387 e. The van der Waals surface area contributed by atoms with Gasteiger partial charge in [0.05, 0.1) is 29.4 Å². The van der Waals surface area contributed by atoms with Crippen molar-refractivity contribution in [3.8, 4) is 0 Å². The van der Waals surface area contributed by atoms with Gasteiger partial charge in [-0.25, -0.2) is 0 Å². The first-order chi connectivity index (χ1) is 10.8. The second-order valence-electron chi connectivity index (χ2n) is 5.80. The average Bonchev–Trinajstić information content (AvgIpc) is 2.74. The molecule has 2 N–H and O–H groups in total. The summed E-state index contributed by atoms with van der Waals surface area (Å²) in [5.74, 6) is -0.241. The van der Waals surface area contributed by atoms with Crippen molar-refractivity contribution in [2.45, 2.75) is 51.8 Å². The molecule has 1 rings (SSSR count). The van der Waals surface area contributed by atoms with E-state index in [1.807, 2.05) is 6.92 Å². The number of nitrogens with zero attached hydrogens (tertiary/aromatic N) is 2. The number of hydrogen-bond acceptors (Lipinski definition) is 3. The molecule has 0 saturated carbocycles. The van der Waals surface area contributed by atoms with Crippen LogP contribution in [-0.4, -0.2) is 32.4 Å². The van der Waals surface area contributed by atoms with Gasteiger partial charge in [-0.15, -0.1) is 19.7 Å². The Balaban J connectivity index is 3.00. The first-order valence-electron chi connectivity index (χ1n) is 7.70. The monoisotopic (exact) mass is 317 g/mol. The fraction of sp³-hybridized carbons (Fsp3) is 0.444. The summed E-state index contributed by atoms with van der Waals surface area (Å²) < 4.78 is 1.74. The van der Waals surface area contributed by atoms with Gasteiger partial charge < -0.3 is 10.4 Å². The molecular weight excluding hydrogens is 290 g/mol. The molecule has 1 atom stereocenters. The van der Waals surface area contributed by atoms with Crippen LogP contribution in [0.3, 0.4) is 0 Å². The zero-order valence-corrected chi connectivity index (χ0v) is 14.3. The Morgan fingerprint density at radius 1 is 1.30 bits per heavy atom. The summed E-state index contributed by atoms with van der Waals surface area (Å²) in [4.78, 5) is 12.6. The van der Waals surface area contributed by atoms with Crippen LogP contribution < -0.4 is 5.32 Å². The standard InChI is InChI=1S/C18H27N3O2/c1-7-10-18(23,11-8-2)15(6)19-17(22)16-13(4)20-21(12-9-3)14(16)5/h7-9,15,23H,1-3,10-12H2,4-6H3,(H,19,22). The summed E-state index contributed by atoms with van der Waals surface area (Å²) in [6, 6.07) is -0.451. The van der Waals surface area contributed by atoms with Crippen molar-refractivity contribution in [2.24, 2.45) is 0 Å². The molecule has 0 bridgehead atoms. The zero-order chi connectivity index (χ0) is 17.6. The normalized spacial score (nSPS) is 12.5. The molecule has 0 radical (unpaired) electrons. The zero-order valence-electron chi connectivity index (χ0n) is 14.3. The van der Waals surface area contributed by atoms with Gasteiger partial charge in [0.2, 0.25) is 0 Å². The maximum Gasteiger partial charge on any atom is 0.255 e. The summed E-state index contributed by atoms with van der Waals surface area (Å²) in [5, 5.41) is 17.9. The van der Waals surface area contributed by atoms with Gasteiger partial charge in [-0.05, 0) is 33.6 Å². The van der Waals surface area contributed by atoms with Crippen molar-refractivity contribution in [1.29, 1.82) is 0 Å². The average molecular weight is 317 g/mol. The summed E-state index contributed by atoms with van der Waals surface area (Å²) in [6.45, 7) is 17.0. The summed E-state index contributed by atoms with van der Waals surface area (Å²) in [6.07, 6.45) is 5.76. The largest absolute Gasteiger partial charge is 0.387 e. The van der Waals surface area contributed by atoms with Crippen molar-refractivity contribution in [3.05, 3.63) is 54.9 Å². The number of aromatic nitrogens is 2. The van der Waals surface area contributed by atoms with Crippen molar-refractivity contribution in [3.63, 3.8) is 0 Å². The number of carbonyl (C=O) groups is 1. The highest BCUT2D eigenvalue weighted by Crippen LogP contribution is 2.22. The first-order valence-corrected chi connectivity index (χ1v) is 7.70. The number of aliphatic hydroxyl groups is 1. The molecule has 0 spiro atoms. The third-order valence-electron chi connectivity index (χ3n) is 4.06. The minimum atomic E-state index is -1.10. The quantitative estimate of drug-likeness (QED) is 0.688. The fourth-order valence-corrected chi connectivity index (χ4v) is 2.67. The number of hydrogen-bond donors (Lipinski definition) is 2. The van der Waals surface area contributed by atoms with Crippen LogP contribution in [0.25, 0.3) is 0 Å². The lowest BCUT2D eigenvalue weighted by Crippen LogP contribution is -2.50. The highest BCUT2D eigenvalue weighted by Gasteiger charge is 2.33. The van der Waals surface area contributed by atoms with E-state index in [1.165, 1.54) is 0 Å². The molecule has 1 aromatic rings. The third-order valence-corrected chi connectivity index (χ3v) is 4.06. The van der Waals surface area contributed by atoms with Gasteiger partial charge in [0.25, 0.3) is 5.91 Å². The van der Waals surface area contributed by atoms with Crippen molar-refractivity contribution in [2.75, 3.05) is 0 Å². The van der Waals surface area contributed by atoms with Gasteiger partial charge in [-0.1, -0.05) is 18.2 Å². The molecule has 23 heavy (non-hydrogen) atoms. The van der Waals surface area contributed by atoms with E-state index in [1.54, 1.807) is 36.8 Å². The lowest BCUT2D eigenvalue weighted by molar-refractivity contribution is 0.0127. The fourth-order valence-electron chi connectivity index (χ4n) is 2.67. The predicted molar refractivity (Wildman–Crippen MR) is 93.4 cm³/mol. The van der Waals surface area contributed by atoms with E-state index in [4.69, 9.17) is 0 Å². The molecule has 0 aliphatic rings. The van der Waals surface area contributed by atoms with E-state index in [9.17, 15) is 9.90 Å². The Bertz CT molecular complexity index is 592. The Morgan fingerprint density at radius 3 is 2.35 bits per heavy atom. The number of allylic oxidation sites excluding steroid dienone is 1. The lowest BCUT2D eigenvalue weighted by atomic mass is 9.88. The van der Waals surface area contributed by atoms with Crippen molar-refractivity contribution < 1.29 is 9.90 Å². The molecule has 0 fully saturated rings. The van der Waals surface area contributed by atoms with Crippen LogP contribution in [0.2, 0.25) is 0 Å². The Labute approximate surface area is 138 Å². The van der Waals surface area contributed by atoms with Crippen LogP contribution in [0.4, 0.5) is 0 Å².